The quantitative estimate of drug-likeness (QED) is 0.709. The van der Waals surface area contributed by atoms with Crippen LogP contribution in [0.4, 0.5) is 5.13 Å². The highest BCUT2D eigenvalue weighted by molar-refractivity contribution is 7.10. The highest BCUT2D eigenvalue weighted by Gasteiger charge is 2.36. The maximum absolute atomic E-state index is 12.1. The molecule has 3 aromatic rings. The van der Waals surface area contributed by atoms with Crippen molar-refractivity contribution in [1.29, 1.82) is 0 Å². The smallest absolute Gasteiger partial charge is 0.226 e. The van der Waals surface area contributed by atoms with E-state index in [1.165, 1.54) is 18.0 Å². The van der Waals surface area contributed by atoms with Crippen molar-refractivity contribution in [3.05, 3.63) is 54.0 Å². The molecule has 6 heteroatoms. The molecule has 128 valence electrons. The van der Waals surface area contributed by atoms with Gasteiger partial charge in [0.2, 0.25) is 11.0 Å². The second-order valence-electron chi connectivity index (χ2n) is 6.46. The largest absolute Gasteiger partial charge is 0.466 e. The van der Waals surface area contributed by atoms with Gasteiger partial charge in [0.15, 0.2) is 5.82 Å². The van der Waals surface area contributed by atoms with E-state index < -0.39 is 0 Å². The fourth-order valence-corrected chi connectivity index (χ4v) is 3.45. The van der Waals surface area contributed by atoms with E-state index in [2.05, 4.69) is 21.6 Å². The summed E-state index contributed by atoms with van der Waals surface area (Å²) in [5.74, 6) is 3.77. The van der Waals surface area contributed by atoms with Crippen LogP contribution in [0.3, 0.4) is 0 Å². The molecule has 4 rings (SSSR count). The van der Waals surface area contributed by atoms with Gasteiger partial charge >= 0.3 is 0 Å². The van der Waals surface area contributed by atoms with Crippen molar-refractivity contribution in [2.45, 2.75) is 32.1 Å². The number of nitrogens with zero attached hydrogens (tertiary/aromatic N) is 2. The summed E-state index contributed by atoms with van der Waals surface area (Å²) in [4.78, 5) is 16.5. The van der Waals surface area contributed by atoms with Gasteiger partial charge in [-0.2, -0.15) is 9.36 Å². The van der Waals surface area contributed by atoms with Crippen LogP contribution in [-0.2, 0) is 11.2 Å². The molecule has 0 aliphatic heterocycles. The van der Waals surface area contributed by atoms with Gasteiger partial charge in [0, 0.05) is 35.9 Å². The zero-order chi connectivity index (χ0) is 17.2. The first-order chi connectivity index (χ1) is 12.2. The van der Waals surface area contributed by atoms with Gasteiger partial charge in [-0.15, -0.1) is 0 Å². The highest BCUT2D eigenvalue weighted by Crippen LogP contribution is 2.47. The first-order valence-electron chi connectivity index (χ1n) is 8.46. The monoisotopic (exact) mass is 353 g/mol. The topological polar surface area (TPSA) is 68.0 Å². The minimum atomic E-state index is -0.0755. The van der Waals surface area contributed by atoms with Crippen molar-refractivity contribution in [3.63, 3.8) is 0 Å². The molecule has 1 amide bonds. The van der Waals surface area contributed by atoms with E-state index in [1.54, 1.807) is 0 Å². The Bertz CT molecular complexity index is 872. The fraction of sp³-hybridized carbons (Fsp3) is 0.316. The van der Waals surface area contributed by atoms with E-state index in [0.717, 1.165) is 23.0 Å². The molecule has 0 saturated heterocycles. The van der Waals surface area contributed by atoms with Gasteiger partial charge in [0.05, 0.1) is 0 Å². The average molecular weight is 353 g/mol. The Kier molecular flexibility index (Phi) is 4.36. The molecule has 0 spiro atoms. The number of furan rings is 1. The number of aromatic nitrogens is 2. The highest BCUT2D eigenvalue weighted by atomic mass is 32.1. The normalized spacial score (nSPS) is 18.9. The van der Waals surface area contributed by atoms with Gasteiger partial charge in [0.25, 0.3) is 0 Å². The lowest BCUT2D eigenvalue weighted by molar-refractivity contribution is -0.116. The third-order valence-corrected chi connectivity index (χ3v) is 5.09. The molecule has 2 unspecified atom stereocenters. The van der Waals surface area contributed by atoms with Crippen LogP contribution < -0.4 is 5.32 Å². The van der Waals surface area contributed by atoms with Crippen LogP contribution in [0.15, 0.2) is 46.9 Å². The van der Waals surface area contributed by atoms with Crippen molar-refractivity contribution >= 4 is 22.6 Å². The molecule has 1 aliphatic carbocycles. The van der Waals surface area contributed by atoms with Gasteiger partial charge < -0.3 is 9.73 Å². The van der Waals surface area contributed by atoms with E-state index in [1.807, 2.05) is 42.5 Å². The summed E-state index contributed by atoms with van der Waals surface area (Å²) in [5, 5.41) is 3.34. The SMILES string of the molecule is CC1CC1c1ccc(CCC(=O)Nc2nc(-c3ccccc3)ns2)o1. The molecule has 2 aromatic heterocycles. The van der Waals surface area contributed by atoms with Crippen LogP contribution in [0, 0.1) is 5.92 Å². The Balaban J connectivity index is 1.30. The summed E-state index contributed by atoms with van der Waals surface area (Å²) >= 11 is 1.19. The number of carbonyl (C=O) groups is 1. The van der Waals surface area contributed by atoms with E-state index in [0.29, 0.717) is 29.7 Å². The number of rotatable bonds is 6. The van der Waals surface area contributed by atoms with Crippen molar-refractivity contribution < 1.29 is 9.21 Å². The zero-order valence-electron chi connectivity index (χ0n) is 13.9. The summed E-state index contributed by atoms with van der Waals surface area (Å²) < 4.78 is 10.1. The van der Waals surface area contributed by atoms with Crippen molar-refractivity contribution in [1.82, 2.24) is 9.36 Å². The molecule has 0 bridgehead atoms. The lowest BCUT2D eigenvalue weighted by atomic mass is 10.2. The molecular formula is C19H19N3O2S. The predicted molar refractivity (Wildman–Crippen MR) is 97.5 cm³/mol. The van der Waals surface area contributed by atoms with Crippen LogP contribution in [0.1, 0.15) is 37.2 Å². The Labute approximate surface area is 150 Å². The molecule has 1 aromatic carbocycles. The summed E-state index contributed by atoms with van der Waals surface area (Å²) in [5.41, 5.74) is 0.941. The third kappa shape index (κ3) is 3.79. The summed E-state index contributed by atoms with van der Waals surface area (Å²) in [6.07, 6.45) is 2.17. The van der Waals surface area contributed by atoms with E-state index in [4.69, 9.17) is 4.42 Å². The van der Waals surface area contributed by atoms with Crippen LogP contribution in [0.5, 0.6) is 0 Å². The van der Waals surface area contributed by atoms with Gasteiger partial charge in [-0.1, -0.05) is 37.3 Å². The Morgan fingerprint density at radius 1 is 1.28 bits per heavy atom. The maximum Gasteiger partial charge on any atom is 0.226 e. The van der Waals surface area contributed by atoms with E-state index in [9.17, 15) is 4.79 Å². The Morgan fingerprint density at radius 3 is 2.84 bits per heavy atom. The van der Waals surface area contributed by atoms with Gasteiger partial charge in [-0.3, -0.25) is 4.79 Å². The molecule has 1 aliphatic rings. The number of benzene rings is 1. The molecule has 1 fully saturated rings. The van der Waals surface area contributed by atoms with Crippen molar-refractivity contribution in [2.75, 3.05) is 5.32 Å². The molecule has 1 N–H and O–H groups in total. The number of amides is 1. The standard InChI is InChI=1S/C19H19N3O2S/c1-12-11-15(12)16-9-7-14(24-16)8-10-17(23)20-19-21-18(22-25-19)13-5-3-2-4-6-13/h2-7,9,12,15H,8,10-11H2,1H3,(H,20,21,22,23). The molecule has 0 radical (unpaired) electrons. The molecule has 2 atom stereocenters. The van der Waals surface area contributed by atoms with Gasteiger partial charge in [-0.25, -0.2) is 0 Å². The maximum atomic E-state index is 12.1. The number of hydrogen-bond acceptors (Lipinski definition) is 5. The zero-order valence-corrected chi connectivity index (χ0v) is 14.8. The Morgan fingerprint density at radius 2 is 2.08 bits per heavy atom. The van der Waals surface area contributed by atoms with Crippen molar-refractivity contribution in [2.24, 2.45) is 5.92 Å². The molecule has 1 saturated carbocycles. The number of carbonyl (C=O) groups excluding carboxylic acids is 1. The minimum Gasteiger partial charge on any atom is -0.466 e. The number of hydrogen-bond donors (Lipinski definition) is 1. The first-order valence-corrected chi connectivity index (χ1v) is 9.24. The molecule has 5 nitrogen and oxygen atoms in total. The second-order valence-corrected chi connectivity index (χ2v) is 7.21. The van der Waals surface area contributed by atoms with Gasteiger partial charge in [-0.05, 0) is 24.5 Å². The van der Waals surface area contributed by atoms with Crippen molar-refractivity contribution in [3.8, 4) is 11.4 Å². The predicted octanol–water partition coefficient (Wildman–Crippen LogP) is 4.49. The van der Waals surface area contributed by atoms with Crippen LogP contribution in [-0.4, -0.2) is 15.3 Å². The number of aryl methyl sites for hydroxylation is 1. The third-order valence-electron chi connectivity index (χ3n) is 4.46. The van der Waals surface area contributed by atoms with E-state index >= 15 is 0 Å². The number of nitrogens with one attached hydrogen (secondary N) is 1. The second kappa shape index (κ2) is 6.80. The summed E-state index contributed by atoms with van der Waals surface area (Å²) in [7, 11) is 0. The Hall–Kier alpha value is -2.47. The van der Waals surface area contributed by atoms with Crippen LogP contribution in [0.25, 0.3) is 11.4 Å². The number of anilines is 1. The van der Waals surface area contributed by atoms with Gasteiger partial charge in [0.1, 0.15) is 11.5 Å². The van der Waals surface area contributed by atoms with Crippen LogP contribution >= 0.6 is 11.5 Å². The lowest BCUT2D eigenvalue weighted by Crippen LogP contribution is -2.11. The molecular weight excluding hydrogens is 334 g/mol. The summed E-state index contributed by atoms with van der Waals surface area (Å²) in [6.45, 7) is 2.23. The average Bonchev–Trinajstić information content (AvgIpc) is 3.04. The van der Waals surface area contributed by atoms with Crippen LogP contribution in [0.2, 0.25) is 0 Å². The molecule has 2 heterocycles. The minimum absolute atomic E-state index is 0.0755. The van der Waals surface area contributed by atoms with E-state index in [-0.39, 0.29) is 5.91 Å². The first kappa shape index (κ1) is 16.0. The molecule has 25 heavy (non-hydrogen) atoms. The summed E-state index contributed by atoms with van der Waals surface area (Å²) in [6, 6.07) is 13.7. The fourth-order valence-electron chi connectivity index (χ4n) is 2.84. The lowest BCUT2D eigenvalue weighted by Gasteiger charge is -2.00.